The monoisotopic (exact) mass is 325 g/mol. The molecule has 2 fully saturated rings. The second kappa shape index (κ2) is 7.29. The minimum atomic E-state index is -1.06. The van der Waals surface area contributed by atoms with Crippen LogP contribution in [0.4, 0.5) is 4.79 Å². The Kier molecular flexibility index (Phi) is 5.40. The third-order valence-electron chi connectivity index (χ3n) is 3.67. The molecule has 0 aromatic rings. The number of carbonyl (C=O) groups excluding carboxylic acids is 2. The van der Waals surface area contributed by atoms with Gasteiger partial charge in [-0.05, 0) is 4.99 Å². The van der Waals surface area contributed by atoms with E-state index in [-0.39, 0.29) is 12.4 Å². The smallest absolute Gasteiger partial charge is 0.345 e. The van der Waals surface area contributed by atoms with Crippen molar-refractivity contribution in [3.05, 3.63) is 0 Å². The van der Waals surface area contributed by atoms with Crippen molar-refractivity contribution in [1.82, 2.24) is 20.4 Å². The van der Waals surface area contributed by atoms with Gasteiger partial charge in [0.15, 0.2) is 6.54 Å². The summed E-state index contributed by atoms with van der Waals surface area (Å²) in [5, 5.41) is 15.2. The van der Waals surface area contributed by atoms with Crippen LogP contribution in [0.3, 0.4) is 0 Å². The number of aliphatic imine (C=N–C) groups is 1. The zero-order valence-corrected chi connectivity index (χ0v) is 13.2. The number of urea groups is 1. The van der Waals surface area contributed by atoms with E-state index in [0.29, 0.717) is 0 Å². The second-order valence-electron chi connectivity index (χ2n) is 5.31. The molecule has 0 aromatic carbocycles. The molecule has 2 saturated heterocycles. The minimum Gasteiger partial charge on any atom is -0.478 e. The fourth-order valence-corrected chi connectivity index (χ4v) is 2.43. The molecule has 10 nitrogen and oxygen atoms in total. The van der Waals surface area contributed by atoms with Crippen molar-refractivity contribution in [2.24, 2.45) is 4.99 Å². The quantitative estimate of drug-likeness (QED) is 0.487. The molecule has 0 aliphatic carbocycles. The molecule has 126 valence electrons. The molecule has 3 heterocycles. The summed E-state index contributed by atoms with van der Waals surface area (Å²) in [7, 11) is 2.85. The average molecular weight is 325 g/mol. The summed E-state index contributed by atoms with van der Waals surface area (Å²) in [4.78, 5) is 40.3. The van der Waals surface area contributed by atoms with Crippen LogP contribution in [0.2, 0.25) is 0 Å². The summed E-state index contributed by atoms with van der Waals surface area (Å²) in [5.74, 6) is -1.27. The summed E-state index contributed by atoms with van der Waals surface area (Å²) >= 11 is 0. The highest BCUT2D eigenvalue weighted by Gasteiger charge is 2.50. The topological polar surface area (TPSA) is 117 Å². The fraction of sp³-hybridized carbons (Fsp3) is 0.615. The Bertz CT molecular complexity index is 557. The van der Waals surface area contributed by atoms with E-state index in [9.17, 15) is 14.4 Å². The summed E-state index contributed by atoms with van der Waals surface area (Å²) < 4.78 is 1.29. The molecule has 0 aromatic heterocycles. The van der Waals surface area contributed by atoms with Crippen LogP contribution < -0.4 is 10.6 Å². The molecule has 3 rings (SSSR count). The number of imide groups is 1. The number of piperazine rings is 1. The Morgan fingerprint density at radius 3 is 2.30 bits per heavy atom. The minimum absolute atomic E-state index is 0.263. The molecule has 3 N–H and O–H groups in total. The third kappa shape index (κ3) is 3.71. The van der Waals surface area contributed by atoms with Gasteiger partial charge in [0.25, 0.3) is 24.1 Å². The van der Waals surface area contributed by atoms with E-state index in [2.05, 4.69) is 15.6 Å². The van der Waals surface area contributed by atoms with Gasteiger partial charge >= 0.3 is 12.0 Å². The molecule has 0 saturated carbocycles. The highest BCUT2D eigenvalue weighted by Crippen LogP contribution is 2.16. The lowest BCUT2D eigenvalue weighted by atomic mass is 10.1. The van der Waals surface area contributed by atoms with Crippen molar-refractivity contribution in [1.29, 1.82) is 0 Å². The number of carboxylic acids is 1. The van der Waals surface area contributed by atoms with Gasteiger partial charge in [0.05, 0.1) is 0 Å². The van der Waals surface area contributed by atoms with Gasteiger partial charge in [-0.2, -0.15) is 0 Å². The van der Waals surface area contributed by atoms with Crippen LogP contribution in [-0.4, -0.2) is 102 Å². The number of likely N-dealkylation sites (N-methyl/N-ethyl adjacent to an activating group) is 2. The summed E-state index contributed by atoms with van der Waals surface area (Å²) in [6.45, 7) is 4.22. The lowest BCUT2D eigenvalue weighted by molar-refractivity contribution is -0.521. The number of rotatable bonds is 2. The molecule has 1 unspecified atom stereocenters. The Hall–Kier alpha value is -2.33. The van der Waals surface area contributed by atoms with E-state index >= 15 is 0 Å². The number of amidine groups is 1. The number of carbonyl (C=O) groups is 3. The number of hydrogen-bond donors (Lipinski definition) is 3. The van der Waals surface area contributed by atoms with E-state index in [0.717, 1.165) is 31.1 Å². The van der Waals surface area contributed by atoms with Crippen molar-refractivity contribution in [2.75, 3.05) is 46.8 Å². The first-order valence-electron chi connectivity index (χ1n) is 7.28. The normalized spacial score (nSPS) is 23.7. The number of nitrogens with one attached hydrogen (secondary N) is 2. The van der Waals surface area contributed by atoms with Crippen molar-refractivity contribution in [2.45, 2.75) is 6.04 Å². The number of nitrogens with zero attached hydrogens (tertiary/aromatic N) is 4. The molecule has 23 heavy (non-hydrogen) atoms. The summed E-state index contributed by atoms with van der Waals surface area (Å²) in [5.41, 5.74) is 0. The van der Waals surface area contributed by atoms with Gasteiger partial charge < -0.3 is 15.7 Å². The first kappa shape index (κ1) is 17.0. The van der Waals surface area contributed by atoms with E-state index < -0.39 is 23.9 Å². The summed E-state index contributed by atoms with van der Waals surface area (Å²) in [6.07, 6.45) is 1.27. The maximum absolute atomic E-state index is 11.9. The molecule has 1 atom stereocenters. The SMILES string of the molecule is C1CNCCN1.CN1C(=O)C2C(=NC=[N+]2CC(=O)O)N(C)C1=O. The zero-order valence-electron chi connectivity index (χ0n) is 13.2. The highest BCUT2D eigenvalue weighted by molar-refractivity contribution is 6.21. The Balaban J connectivity index is 0.000000268. The molecule has 0 bridgehead atoms. The van der Waals surface area contributed by atoms with Crippen LogP contribution in [0.15, 0.2) is 4.99 Å². The lowest BCUT2D eigenvalue weighted by Gasteiger charge is -2.30. The van der Waals surface area contributed by atoms with E-state index in [1.165, 1.54) is 29.9 Å². The van der Waals surface area contributed by atoms with Gasteiger partial charge in [0.1, 0.15) is 0 Å². The Morgan fingerprint density at radius 2 is 1.83 bits per heavy atom. The molecular weight excluding hydrogens is 304 g/mol. The van der Waals surface area contributed by atoms with E-state index in [1.54, 1.807) is 0 Å². The molecule has 3 aliphatic rings. The first-order chi connectivity index (χ1) is 10.9. The third-order valence-corrected chi connectivity index (χ3v) is 3.67. The standard InChI is InChI=1S/C9H10N4O4.C4H10N2/c1-11-7-6(8(16)12(2)9(11)17)13(4-10-7)3-5(14)15;1-2-6-4-3-5-1/h4,6H,3H2,1-2H3;5-6H,1-4H2/p+1. The van der Waals surface area contributed by atoms with Crippen LogP contribution >= 0.6 is 0 Å². The van der Waals surface area contributed by atoms with Gasteiger partial charge in [-0.3, -0.25) is 14.6 Å². The van der Waals surface area contributed by atoms with Crippen molar-refractivity contribution >= 4 is 30.1 Å². The van der Waals surface area contributed by atoms with Gasteiger partial charge in [-0.1, -0.05) is 0 Å². The molecule has 3 amide bonds. The van der Waals surface area contributed by atoms with Crippen LogP contribution in [0.5, 0.6) is 0 Å². The number of amides is 3. The van der Waals surface area contributed by atoms with Crippen LogP contribution in [-0.2, 0) is 9.59 Å². The number of fused-ring (bicyclic) bond motifs is 1. The lowest BCUT2D eigenvalue weighted by Crippen LogP contribution is -2.61. The molecular formula is C13H21N6O4+. The van der Waals surface area contributed by atoms with Crippen molar-refractivity contribution < 1.29 is 24.1 Å². The van der Waals surface area contributed by atoms with Crippen molar-refractivity contribution in [3.63, 3.8) is 0 Å². The zero-order chi connectivity index (χ0) is 17.0. The van der Waals surface area contributed by atoms with Crippen molar-refractivity contribution in [3.8, 4) is 0 Å². The molecule has 0 radical (unpaired) electrons. The van der Waals surface area contributed by atoms with Crippen LogP contribution in [0.25, 0.3) is 0 Å². The van der Waals surface area contributed by atoms with Gasteiger partial charge in [0, 0.05) is 40.3 Å². The predicted molar refractivity (Wildman–Crippen MR) is 81.7 cm³/mol. The van der Waals surface area contributed by atoms with Gasteiger partial charge in [0.2, 0.25) is 0 Å². The van der Waals surface area contributed by atoms with E-state index in [1.807, 2.05) is 0 Å². The second-order valence-corrected chi connectivity index (χ2v) is 5.31. The maximum atomic E-state index is 11.9. The number of carboxylic acid groups (broad SMARTS) is 1. The highest BCUT2D eigenvalue weighted by atomic mass is 16.4. The first-order valence-corrected chi connectivity index (χ1v) is 7.28. The largest absolute Gasteiger partial charge is 0.478 e. The number of hydrogen-bond acceptors (Lipinski definition) is 6. The van der Waals surface area contributed by atoms with Gasteiger partial charge in [-0.25, -0.2) is 14.2 Å². The predicted octanol–water partition coefficient (Wildman–Crippen LogP) is -2.40. The van der Waals surface area contributed by atoms with Gasteiger partial charge in [-0.15, -0.1) is 0 Å². The Morgan fingerprint density at radius 1 is 1.26 bits per heavy atom. The number of aliphatic carboxylic acids is 1. The Labute approximate surface area is 133 Å². The van der Waals surface area contributed by atoms with E-state index in [4.69, 9.17) is 5.11 Å². The average Bonchev–Trinajstić information content (AvgIpc) is 2.96. The molecule has 3 aliphatic heterocycles. The molecule has 0 spiro atoms. The maximum Gasteiger partial charge on any atom is 0.345 e. The van der Waals surface area contributed by atoms with Crippen LogP contribution in [0, 0.1) is 0 Å². The summed E-state index contributed by atoms with van der Waals surface area (Å²) in [6, 6.07) is -1.30. The molecule has 10 heteroatoms. The van der Waals surface area contributed by atoms with Crippen LogP contribution in [0.1, 0.15) is 0 Å². The fourth-order valence-electron chi connectivity index (χ4n) is 2.43.